The van der Waals surface area contributed by atoms with Crippen molar-refractivity contribution in [1.82, 2.24) is 4.90 Å². The lowest BCUT2D eigenvalue weighted by molar-refractivity contribution is -0.135. The second-order valence-electron chi connectivity index (χ2n) is 5.75. The number of piperidine rings is 1. The van der Waals surface area contributed by atoms with Crippen molar-refractivity contribution in [2.75, 3.05) is 26.8 Å². The number of hydrogen-bond acceptors (Lipinski definition) is 4. The van der Waals surface area contributed by atoms with E-state index in [1.165, 1.54) is 0 Å². The molecule has 20 heavy (non-hydrogen) atoms. The molecule has 1 unspecified atom stereocenters. The van der Waals surface area contributed by atoms with E-state index in [2.05, 4.69) is 0 Å². The number of likely N-dealkylation sites (tertiary alicyclic amines) is 1. The van der Waals surface area contributed by atoms with Gasteiger partial charge in [-0.05, 0) is 35.2 Å². The van der Waals surface area contributed by atoms with Gasteiger partial charge in [-0.3, -0.25) is 4.79 Å². The first-order valence-electron chi connectivity index (χ1n) is 7.16. The van der Waals surface area contributed by atoms with Crippen LogP contribution >= 0.6 is 11.3 Å². The Morgan fingerprint density at radius 1 is 1.55 bits per heavy atom. The standard InChI is InChI=1S/C15H21NO3S/c1-18-13-9-15(19-10-13)3-5-16(6-4-15)14(17)8-12-2-7-20-11-12/h2,7,11,13H,3-6,8-10H2,1H3. The fourth-order valence-electron chi connectivity index (χ4n) is 3.15. The van der Waals surface area contributed by atoms with Crippen molar-refractivity contribution in [1.29, 1.82) is 0 Å². The number of carbonyl (C=O) groups excluding carboxylic acids is 1. The molecule has 0 N–H and O–H groups in total. The molecule has 1 atom stereocenters. The highest BCUT2D eigenvalue weighted by atomic mass is 32.1. The maximum atomic E-state index is 12.3. The zero-order valence-corrected chi connectivity index (χ0v) is 12.7. The van der Waals surface area contributed by atoms with Crippen molar-refractivity contribution in [3.8, 4) is 0 Å². The predicted octanol–water partition coefficient (Wildman–Crippen LogP) is 2.09. The molecule has 0 saturated carbocycles. The summed E-state index contributed by atoms with van der Waals surface area (Å²) >= 11 is 1.64. The van der Waals surface area contributed by atoms with Crippen LogP contribution in [0.15, 0.2) is 16.8 Å². The smallest absolute Gasteiger partial charge is 0.227 e. The molecule has 3 rings (SSSR count). The first-order valence-corrected chi connectivity index (χ1v) is 8.11. The van der Waals surface area contributed by atoms with E-state index in [1.54, 1.807) is 18.4 Å². The number of methoxy groups -OCH3 is 1. The lowest BCUT2D eigenvalue weighted by Crippen LogP contribution is -2.47. The van der Waals surface area contributed by atoms with Gasteiger partial charge in [0.1, 0.15) is 0 Å². The monoisotopic (exact) mass is 295 g/mol. The highest BCUT2D eigenvalue weighted by molar-refractivity contribution is 7.07. The molecule has 1 aromatic rings. The Hall–Kier alpha value is -0.910. The number of amides is 1. The molecule has 3 heterocycles. The zero-order valence-electron chi connectivity index (χ0n) is 11.8. The normalized spacial score (nSPS) is 25.2. The highest BCUT2D eigenvalue weighted by Gasteiger charge is 2.43. The van der Waals surface area contributed by atoms with Gasteiger partial charge < -0.3 is 14.4 Å². The van der Waals surface area contributed by atoms with Crippen LogP contribution in [-0.4, -0.2) is 49.3 Å². The summed E-state index contributed by atoms with van der Waals surface area (Å²) in [7, 11) is 1.74. The number of carbonyl (C=O) groups is 1. The SMILES string of the molecule is COC1COC2(CCN(C(=O)Cc3ccsc3)CC2)C1. The average Bonchev–Trinajstić information content (AvgIpc) is 3.10. The van der Waals surface area contributed by atoms with Crippen molar-refractivity contribution in [2.24, 2.45) is 0 Å². The van der Waals surface area contributed by atoms with Gasteiger partial charge in [-0.2, -0.15) is 11.3 Å². The molecule has 4 nitrogen and oxygen atoms in total. The average molecular weight is 295 g/mol. The van der Waals surface area contributed by atoms with E-state index in [0.29, 0.717) is 13.0 Å². The fourth-order valence-corrected chi connectivity index (χ4v) is 3.81. The van der Waals surface area contributed by atoms with Crippen molar-refractivity contribution < 1.29 is 14.3 Å². The Labute approximate surface area is 123 Å². The summed E-state index contributed by atoms with van der Waals surface area (Å²) in [6, 6.07) is 2.03. The van der Waals surface area contributed by atoms with Gasteiger partial charge in [0.25, 0.3) is 0 Å². The van der Waals surface area contributed by atoms with E-state index in [-0.39, 0.29) is 17.6 Å². The second kappa shape index (κ2) is 5.84. The van der Waals surface area contributed by atoms with Gasteiger partial charge in [0.15, 0.2) is 0 Å². The van der Waals surface area contributed by atoms with Crippen LogP contribution < -0.4 is 0 Å². The summed E-state index contributed by atoms with van der Waals surface area (Å²) in [6.07, 6.45) is 3.58. The van der Waals surface area contributed by atoms with Crippen LogP contribution in [0.1, 0.15) is 24.8 Å². The van der Waals surface area contributed by atoms with Crippen LogP contribution in [0, 0.1) is 0 Å². The molecule has 0 radical (unpaired) electrons. The van der Waals surface area contributed by atoms with Gasteiger partial charge in [0.05, 0.1) is 24.7 Å². The first kappa shape index (κ1) is 14.0. The van der Waals surface area contributed by atoms with Crippen LogP contribution in [-0.2, 0) is 20.7 Å². The molecule has 0 bridgehead atoms. The summed E-state index contributed by atoms with van der Waals surface area (Å²) in [5.74, 6) is 0.236. The minimum atomic E-state index is -0.0418. The van der Waals surface area contributed by atoms with E-state index in [1.807, 2.05) is 21.7 Å². The third-order valence-corrected chi connectivity index (χ3v) is 5.20. The van der Waals surface area contributed by atoms with E-state index in [9.17, 15) is 4.79 Å². The lowest BCUT2D eigenvalue weighted by Gasteiger charge is -2.38. The van der Waals surface area contributed by atoms with E-state index < -0.39 is 0 Å². The Balaban J connectivity index is 1.52. The molecule has 2 fully saturated rings. The third-order valence-electron chi connectivity index (χ3n) is 4.47. The van der Waals surface area contributed by atoms with Crippen LogP contribution in [0.25, 0.3) is 0 Å². The Morgan fingerprint density at radius 2 is 2.35 bits per heavy atom. The zero-order chi connectivity index (χ0) is 14.0. The molecular weight excluding hydrogens is 274 g/mol. The molecule has 2 saturated heterocycles. The largest absolute Gasteiger partial charge is 0.379 e. The van der Waals surface area contributed by atoms with E-state index >= 15 is 0 Å². The highest BCUT2D eigenvalue weighted by Crippen LogP contribution is 2.36. The van der Waals surface area contributed by atoms with Crippen molar-refractivity contribution in [3.63, 3.8) is 0 Å². The number of hydrogen-bond donors (Lipinski definition) is 0. The van der Waals surface area contributed by atoms with Crippen molar-refractivity contribution >= 4 is 17.2 Å². The van der Waals surface area contributed by atoms with Crippen LogP contribution in [0.5, 0.6) is 0 Å². The van der Waals surface area contributed by atoms with Gasteiger partial charge >= 0.3 is 0 Å². The number of nitrogens with zero attached hydrogens (tertiary/aromatic N) is 1. The van der Waals surface area contributed by atoms with Gasteiger partial charge in [-0.25, -0.2) is 0 Å². The topological polar surface area (TPSA) is 38.8 Å². The van der Waals surface area contributed by atoms with E-state index in [0.717, 1.165) is 37.9 Å². The predicted molar refractivity (Wildman–Crippen MR) is 77.9 cm³/mol. The van der Waals surface area contributed by atoms with Gasteiger partial charge in [-0.15, -0.1) is 0 Å². The van der Waals surface area contributed by atoms with Gasteiger partial charge in [0.2, 0.25) is 5.91 Å². The molecule has 110 valence electrons. The van der Waals surface area contributed by atoms with E-state index in [4.69, 9.17) is 9.47 Å². The Kier molecular flexibility index (Phi) is 4.10. The minimum absolute atomic E-state index is 0.0418. The first-order chi connectivity index (χ1) is 9.71. The quantitative estimate of drug-likeness (QED) is 0.857. The van der Waals surface area contributed by atoms with Crippen LogP contribution in [0.2, 0.25) is 0 Å². The summed E-state index contributed by atoms with van der Waals surface area (Å²) in [5, 5.41) is 4.07. The molecule has 0 aliphatic carbocycles. The summed E-state index contributed by atoms with van der Waals surface area (Å²) in [5.41, 5.74) is 1.08. The number of ether oxygens (including phenoxy) is 2. The molecule has 1 spiro atoms. The number of rotatable bonds is 3. The number of thiophene rings is 1. The fraction of sp³-hybridized carbons (Fsp3) is 0.667. The molecule has 1 aromatic heterocycles. The Bertz CT molecular complexity index is 452. The molecule has 5 heteroatoms. The van der Waals surface area contributed by atoms with Crippen LogP contribution in [0.3, 0.4) is 0 Å². The molecule has 2 aliphatic heterocycles. The van der Waals surface area contributed by atoms with Gasteiger partial charge in [0, 0.05) is 26.6 Å². The molecule has 1 amide bonds. The molecule has 2 aliphatic rings. The van der Waals surface area contributed by atoms with Crippen LogP contribution in [0.4, 0.5) is 0 Å². The third kappa shape index (κ3) is 2.90. The van der Waals surface area contributed by atoms with Crippen molar-refractivity contribution in [3.05, 3.63) is 22.4 Å². The summed E-state index contributed by atoms with van der Waals surface area (Å²) in [4.78, 5) is 14.2. The summed E-state index contributed by atoms with van der Waals surface area (Å²) < 4.78 is 11.3. The maximum absolute atomic E-state index is 12.3. The summed E-state index contributed by atoms with van der Waals surface area (Å²) in [6.45, 7) is 2.30. The van der Waals surface area contributed by atoms with Gasteiger partial charge in [-0.1, -0.05) is 0 Å². The minimum Gasteiger partial charge on any atom is -0.379 e. The molecule has 0 aromatic carbocycles. The lowest BCUT2D eigenvalue weighted by atomic mass is 9.88. The molecular formula is C15H21NO3S. The Morgan fingerprint density at radius 3 is 2.95 bits per heavy atom. The second-order valence-corrected chi connectivity index (χ2v) is 6.53. The maximum Gasteiger partial charge on any atom is 0.227 e. The van der Waals surface area contributed by atoms with Crippen molar-refractivity contribution in [2.45, 2.75) is 37.4 Å².